The SMILES string of the molecule is CC1C=CCCC1.O=C1NC(=O)c2c1c1c3ccccc3[nH]c1c1[nH]c3ccccc3c21. The summed E-state index contributed by atoms with van der Waals surface area (Å²) in [7, 11) is 0. The highest BCUT2D eigenvalue weighted by atomic mass is 16.2. The molecule has 0 saturated heterocycles. The second-order valence-corrected chi connectivity index (χ2v) is 8.71. The molecule has 0 radical (unpaired) electrons. The summed E-state index contributed by atoms with van der Waals surface area (Å²) in [5.74, 6) is 0.192. The molecule has 5 nitrogen and oxygen atoms in total. The number of aromatic amines is 2. The number of carbonyl (C=O) groups is 2. The molecule has 2 aliphatic rings. The van der Waals surface area contributed by atoms with Crippen molar-refractivity contribution in [2.45, 2.75) is 26.2 Å². The fraction of sp³-hybridized carbons (Fsp3) is 0.185. The fourth-order valence-electron chi connectivity index (χ4n) is 5.09. The van der Waals surface area contributed by atoms with Crippen LogP contribution in [0.5, 0.6) is 0 Å². The zero-order valence-electron chi connectivity index (χ0n) is 17.8. The number of imide groups is 1. The normalized spacial score (nSPS) is 17.7. The first kappa shape index (κ1) is 18.9. The molecule has 0 saturated carbocycles. The summed E-state index contributed by atoms with van der Waals surface area (Å²) in [5.41, 5.74) is 4.53. The molecule has 7 rings (SSSR count). The summed E-state index contributed by atoms with van der Waals surface area (Å²) < 4.78 is 0. The molecule has 0 fully saturated rings. The second kappa shape index (κ2) is 7.09. The minimum atomic E-state index is -0.332. The average molecular weight is 422 g/mol. The van der Waals surface area contributed by atoms with Crippen LogP contribution in [-0.4, -0.2) is 21.8 Å². The molecular formula is C27H23N3O2. The number of benzene rings is 3. The smallest absolute Gasteiger partial charge is 0.259 e. The Morgan fingerprint density at radius 1 is 0.781 bits per heavy atom. The fourth-order valence-corrected chi connectivity index (χ4v) is 5.09. The predicted octanol–water partition coefficient (Wildman–Crippen LogP) is 6.20. The molecule has 0 bridgehead atoms. The van der Waals surface area contributed by atoms with E-state index in [1.54, 1.807) is 0 Å². The number of nitrogens with one attached hydrogen (secondary N) is 3. The van der Waals surface area contributed by atoms with Gasteiger partial charge in [-0.2, -0.15) is 0 Å². The summed E-state index contributed by atoms with van der Waals surface area (Å²) in [6, 6.07) is 15.7. The minimum Gasteiger partial charge on any atom is -0.353 e. The van der Waals surface area contributed by atoms with Crippen molar-refractivity contribution in [3.63, 3.8) is 0 Å². The standard InChI is InChI=1S/C20H11N3O2.C7H12/c24-19-15-13-9-5-1-3-7-11(9)21-17(13)18-14(16(15)20(25)23-19)10-6-2-4-8-12(10)22-18;1-7-5-3-2-4-6-7/h1-8,21-22H,(H,23,24,25);3,5,7H,2,4,6H2,1H3. The lowest BCUT2D eigenvalue weighted by Crippen LogP contribution is -2.20. The van der Waals surface area contributed by atoms with Gasteiger partial charge < -0.3 is 9.97 Å². The van der Waals surface area contributed by atoms with Crippen LogP contribution in [0.15, 0.2) is 60.7 Å². The van der Waals surface area contributed by atoms with E-state index in [1.807, 2.05) is 48.5 Å². The molecule has 1 unspecified atom stereocenters. The van der Waals surface area contributed by atoms with Crippen LogP contribution in [0.1, 0.15) is 46.9 Å². The molecule has 1 atom stereocenters. The number of para-hydroxylation sites is 2. The van der Waals surface area contributed by atoms with E-state index in [-0.39, 0.29) is 11.8 Å². The van der Waals surface area contributed by atoms with Gasteiger partial charge in [0.15, 0.2) is 0 Å². The van der Waals surface area contributed by atoms with E-state index in [9.17, 15) is 9.59 Å². The van der Waals surface area contributed by atoms with Crippen molar-refractivity contribution >= 4 is 55.4 Å². The topological polar surface area (TPSA) is 77.8 Å². The third-order valence-corrected chi connectivity index (χ3v) is 6.59. The van der Waals surface area contributed by atoms with Gasteiger partial charge in [0, 0.05) is 32.6 Å². The molecule has 0 spiro atoms. The molecule has 5 aromatic rings. The van der Waals surface area contributed by atoms with Crippen molar-refractivity contribution in [3.8, 4) is 0 Å². The van der Waals surface area contributed by atoms with Gasteiger partial charge in [0.25, 0.3) is 11.8 Å². The number of fused-ring (bicyclic) bond motifs is 10. The number of carbonyl (C=O) groups excluding carboxylic acids is 2. The van der Waals surface area contributed by atoms with Gasteiger partial charge in [0.1, 0.15) is 0 Å². The largest absolute Gasteiger partial charge is 0.353 e. The van der Waals surface area contributed by atoms with E-state index < -0.39 is 0 Å². The number of aromatic nitrogens is 2. The molecule has 158 valence electrons. The highest BCUT2D eigenvalue weighted by Crippen LogP contribution is 2.41. The Bertz CT molecular complexity index is 1480. The van der Waals surface area contributed by atoms with Crippen LogP contribution in [0.3, 0.4) is 0 Å². The van der Waals surface area contributed by atoms with Gasteiger partial charge >= 0.3 is 0 Å². The third kappa shape index (κ3) is 2.71. The molecule has 2 amide bonds. The van der Waals surface area contributed by atoms with Gasteiger partial charge in [-0.3, -0.25) is 14.9 Å². The molecule has 3 aromatic carbocycles. The van der Waals surface area contributed by atoms with Gasteiger partial charge in [0.2, 0.25) is 0 Å². The van der Waals surface area contributed by atoms with Crippen molar-refractivity contribution < 1.29 is 9.59 Å². The van der Waals surface area contributed by atoms with Crippen LogP contribution in [0, 0.1) is 5.92 Å². The Hall–Kier alpha value is -3.86. The molecule has 1 aliphatic heterocycles. The summed E-state index contributed by atoms with van der Waals surface area (Å²) in [5, 5.41) is 5.96. The first-order valence-electron chi connectivity index (χ1n) is 11.1. The maximum atomic E-state index is 12.6. The summed E-state index contributed by atoms with van der Waals surface area (Å²) in [4.78, 5) is 32.0. The van der Waals surface area contributed by atoms with Crippen molar-refractivity contribution in [2.24, 2.45) is 5.92 Å². The summed E-state index contributed by atoms with van der Waals surface area (Å²) >= 11 is 0. The van der Waals surface area contributed by atoms with Crippen molar-refractivity contribution in [2.75, 3.05) is 0 Å². The van der Waals surface area contributed by atoms with E-state index in [2.05, 4.69) is 34.4 Å². The quantitative estimate of drug-likeness (QED) is 0.206. The predicted molar refractivity (Wildman–Crippen MR) is 129 cm³/mol. The average Bonchev–Trinajstić information content (AvgIpc) is 3.46. The molecule has 32 heavy (non-hydrogen) atoms. The van der Waals surface area contributed by atoms with Crippen molar-refractivity contribution in [1.29, 1.82) is 0 Å². The summed E-state index contributed by atoms with van der Waals surface area (Å²) in [6.07, 6.45) is 8.70. The monoisotopic (exact) mass is 421 g/mol. The Balaban J connectivity index is 0.000000241. The van der Waals surface area contributed by atoms with E-state index in [1.165, 1.54) is 19.3 Å². The number of amides is 2. The van der Waals surface area contributed by atoms with Crippen LogP contribution in [0.2, 0.25) is 0 Å². The van der Waals surface area contributed by atoms with Gasteiger partial charge in [-0.25, -0.2) is 0 Å². The Morgan fingerprint density at radius 3 is 1.75 bits per heavy atom. The highest BCUT2D eigenvalue weighted by Gasteiger charge is 2.34. The molecular weight excluding hydrogens is 398 g/mol. The minimum absolute atomic E-state index is 0.332. The maximum absolute atomic E-state index is 12.6. The van der Waals surface area contributed by atoms with Crippen LogP contribution >= 0.6 is 0 Å². The van der Waals surface area contributed by atoms with Crippen LogP contribution in [0.25, 0.3) is 43.6 Å². The van der Waals surface area contributed by atoms with Crippen LogP contribution in [0.4, 0.5) is 0 Å². The third-order valence-electron chi connectivity index (χ3n) is 6.59. The van der Waals surface area contributed by atoms with Gasteiger partial charge in [-0.1, -0.05) is 55.5 Å². The highest BCUT2D eigenvalue weighted by molar-refractivity contribution is 6.39. The second-order valence-electron chi connectivity index (χ2n) is 8.71. The first-order chi connectivity index (χ1) is 15.6. The zero-order chi connectivity index (χ0) is 21.8. The molecule has 3 heterocycles. The van der Waals surface area contributed by atoms with Gasteiger partial charge in [-0.15, -0.1) is 0 Å². The lowest BCUT2D eigenvalue weighted by Gasteiger charge is -2.08. The number of H-pyrrole nitrogens is 2. The number of hydrogen-bond donors (Lipinski definition) is 3. The Kier molecular flexibility index (Phi) is 4.18. The Labute approximate surface area is 184 Å². The van der Waals surface area contributed by atoms with E-state index in [4.69, 9.17) is 0 Å². The maximum Gasteiger partial charge on any atom is 0.259 e. The van der Waals surface area contributed by atoms with E-state index in [0.29, 0.717) is 11.1 Å². The van der Waals surface area contributed by atoms with E-state index >= 15 is 0 Å². The van der Waals surface area contributed by atoms with Crippen LogP contribution < -0.4 is 5.32 Å². The molecule has 5 heteroatoms. The lowest BCUT2D eigenvalue weighted by molar-refractivity contribution is 0.0880. The molecule has 3 N–H and O–H groups in total. The molecule has 1 aliphatic carbocycles. The summed E-state index contributed by atoms with van der Waals surface area (Å²) in [6.45, 7) is 2.27. The van der Waals surface area contributed by atoms with Crippen molar-refractivity contribution in [1.82, 2.24) is 15.3 Å². The zero-order valence-corrected chi connectivity index (χ0v) is 17.8. The Morgan fingerprint density at radius 2 is 1.31 bits per heavy atom. The van der Waals surface area contributed by atoms with E-state index in [0.717, 1.165) is 49.5 Å². The van der Waals surface area contributed by atoms with Gasteiger partial charge in [-0.05, 0) is 37.3 Å². The lowest BCUT2D eigenvalue weighted by atomic mass is 9.97. The number of allylic oxidation sites excluding steroid dienone is 2. The number of hydrogen-bond acceptors (Lipinski definition) is 2. The van der Waals surface area contributed by atoms with Gasteiger partial charge in [0.05, 0.1) is 22.2 Å². The molecule has 2 aromatic heterocycles. The first-order valence-corrected chi connectivity index (χ1v) is 11.1. The van der Waals surface area contributed by atoms with Crippen LogP contribution in [-0.2, 0) is 0 Å². The van der Waals surface area contributed by atoms with Crippen molar-refractivity contribution in [3.05, 3.63) is 71.8 Å². The number of rotatable bonds is 0.